The molecule has 0 atom stereocenters. The van der Waals surface area contributed by atoms with E-state index in [0.717, 1.165) is 10.4 Å². The van der Waals surface area contributed by atoms with Gasteiger partial charge in [0.1, 0.15) is 0 Å². The van der Waals surface area contributed by atoms with Crippen molar-refractivity contribution < 1.29 is 9.13 Å². The first-order valence-electron chi connectivity index (χ1n) is 5.70. The number of methoxy groups -OCH3 is 1. The highest BCUT2D eigenvalue weighted by molar-refractivity contribution is 7.09. The molecule has 0 amide bonds. The SMILES string of the molecule is COc1cc2c(cc1F)nc(N)n2Cc1cccs1. The average molecular weight is 277 g/mol. The van der Waals surface area contributed by atoms with Crippen LogP contribution in [0.4, 0.5) is 10.3 Å². The maximum atomic E-state index is 13.6. The Morgan fingerprint density at radius 2 is 2.32 bits per heavy atom. The van der Waals surface area contributed by atoms with Crippen molar-refractivity contribution in [3.05, 3.63) is 40.3 Å². The van der Waals surface area contributed by atoms with Crippen LogP contribution >= 0.6 is 11.3 Å². The van der Waals surface area contributed by atoms with E-state index >= 15 is 0 Å². The van der Waals surface area contributed by atoms with Gasteiger partial charge in [-0.2, -0.15) is 0 Å². The molecule has 3 aromatic rings. The van der Waals surface area contributed by atoms with Gasteiger partial charge in [-0.05, 0) is 11.4 Å². The molecule has 0 radical (unpaired) electrons. The van der Waals surface area contributed by atoms with Gasteiger partial charge in [-0.25, -0.2) is 9.37 Å². The van der Waals surface area contributed by atoms with Crippen molar-refractivity contribution in [1.29, 1.82) is 0 Å². The number of ether oxygens (including phenoxy) is 1. The van der Waals surface area contributed by atoms with Crippen molar-refractivity contribution >= 4 is 28.3 Å². The molecule has 2 aromatic heterocycles. The molecule has 2 N–H and O–H groups in total. The van der Waals surface area contributed by atoms with E-state index in [1.165, 1.54) is 13.2 Å². The zero-order valence-electron chi connectivity index (χ0n) is 10.3. The molecule has 0 aliphatic heterocycles. The number of halogens is 1. The van der Waals surface area contributed by atoms with E-state index in [1.807, 2.05) is 22.1 Å². The summed E-state index contributed by atoms with van der Waals surface area (Å²) < 4.78 is 20.5. The van der Waals surface area contributed by atoms with Gasteiger partial charge < -0.3 is 15.0 Å². The normalized spacial score (nSPS) is 11.1. The molecule has 3 rings (SSSR count). The van der Waals surface area contributed by atoms with Gasteiger partial charge in [0, 0.05) is 17.0 Å². The van der Waals surface area contributed by atoms with Gasteiger partial charge in [-0.3, -0.25) is 0 Å². The third kappa shape index (κ3) is 2.04. The molecular formula is C13H12FN3OS. The van der Waals surface area contributed by atoms with E-state index in [9.17, 15) is 4.39 Å². The summed E-state index contributed by atoms with van der Waals surface area (Å²) in [6.07, 6.45) is 0. The predicted molar refractivity (Wildman–Crippen MR) is 74.1 cm³/mol. The summed E-state index contributed by atoms with van der Waals surface area (Å²) in [7, 11) is 1.44. The zero-order valence-corrected chi connectivity index (χ0v) is 11.1. The van der Waals surface area contributed by atoms with Gasteiger partial charge in [-0.1, -0.05) is 6.07 Å². The first-order chi connectivity index (χ1) is 9.19. The van der Waals surface area contributed by atoms with Crippen molar-refractivity contribution in [2.75, 3.05) is 12.8 Å². The standard InChI is InChI=1S/C13H12FN3OS/c1-18-12-6-11-10(5-9(12)14)16-13(15)17(11)7-8-3-2-4-19-8/h2-6H,7H2,1H3,(H2,15,16). The molecule has 0 aliphatic rings. The third-order valence-corrected chi connectivity index (χ3v) is 3.81. The van der Waals surface area contributed by atoms with Crippen LogP contribution in [0.2, 0.25) is 0 Å². The lowest BCUT2D eigenvalue weighted by atomic mass is 10.3. The monoisotopic (exact) mass is 277 g/mol. The summed E-state index contributed by atoms with van der Waals surface area (Å²) in [5.74, 6) is 0.131. The minimum absolute atomic E-state index is 0.194. The van der Waals surface area contributed by atoms with Crippen LogP contribution in [0.25, 0.3) is 11.0 Å². The molecular weight excluding hydrogens is 265 g/mol. The Hall–Kier alpha value is -2.08. The van der Waals surface area contributed by atoms with Crippen LogP contribution in [0, 0.1) is 5.82 Å². The third-order valence-electron chi connectivity index (χ3n) is 2.95. The number of thiophene rings is 1. The summed E-state index contributed by atoms with van der Waals surface area (Å²) in [5, 5.41) is 2.00. The molecule has 98 valence electrons. The van der Waals surface area contributed by atoms with Crippen LogP contribution in [-0.4, -0.2) is 16.7 Å². The Bertz CT molecular complexity index is 721. The van der Waals surface area contributed by atoms with Crippen LogP contribution < -0.4 is 10.5 Å². The molecule has 2 heterocycles. The second-order valence-corrected chi connectivity index (χ2v) is 5.14. The number of nitrogens with zero attached hydrogens (tertiary/aromatic N) is 2. The van der Waals surface area contributed by atoms with Crippen molar-refractivity contribution in [2.24, 2.45) is 0 Å². The number of rotatable bonds is 3. The molecule has 0 saturated heterocycles. The minimum Gasteiger partial charge on any atom is -0.494 e. The number of imidazole rings is 1. The van der Waals surface area contributed by atoms with Crippen molar-refractivity contribution in [3.63, 3.8) is 0 Å². The smallest absolute Gasteiger partial charge is 0.201 e. The molecule has 0 spiro atoms. The zero-order chi connectivity index (χ0) is 13.4. The van der Waals surface area contributed by atoms with Crippen LogP contribution in [0.5, 0.6) is 5.75 Å². The van der Waals surface area contributed by atoms with Crippen molar-refractivity contribution in [2.45, 2.75) is 6.54 Å². The molecule has 0 aliphatic carbocycles. The Balaban J connectivity index is 2.15. The highest BCUT2D eigenvalue weighted by Crippen LogP contribution is 2.27. The fourth-order valence-electron chi connectivity index (χ4n) is 2.03. The first-order valence-corrected chi connectivity index (χ1v) is 6.58. The topological polar surface area (TPSA) is 53.1 Å². The minimum atomic E-state index is -0.434. The molecule has 0 fully saturated rings. The summed E-state index contributed by atoms with van der Waals surface area (Å²) in [5.41, 5.74) is 7.21. The predicted octanol–water partition coefficient (Wildman–Crippen LogP) is 2.88. The average Bonchev–Trinajstić information content (AvgIpc) is 2.98. The van der Waals surface area contributed by atoms with E-state index in [1.54, 1.807) is 17.4 Å². The van der Waals surface area contributed by atoms with E-state index < -0.39 is 5.82 Å². The van der Waals surface area contributed by atoms with Crippen molar-refractivity contribution in [1.82, 2.24) is 9.55 Å². The Morgan fingerprint density at radius 1 is 1.47 bits per heavy atom. The highest BCUT2D eigenvalue weighted by atomic mass is 32.1. The molecule has 4 nitrogen and oxygen atoms in total. The van der Waals surface area contributed by atoms with Gasteiger partial charge in [0.25, 0.3) is 0 Å². The van der Waals surface area contributed by atoms with Crippen molar-refractivity contribution in [3.8, 4) is 5.75 Å². The summed E-state index contributed by atoms with van der Waals surface area (Å²) >= 11 is 1.64. The number of fused-ring (bicyclic) bond motifs is 1. The number of aromatic nitrogens is 2. The van der Waals surface area contributed by atoms with Crippen LogP contribution in [-0.2, 0) is 6.54 Å². The van der Waals surface area contributed by atoms with E-state index in [0.29, 0.717) is 18.0 Å². The fraction of sp³-hybridized carbons (Fsp3) is 0.154. The molecule has 0 saturated carbocycles. The number of hydrogen-bond acceptors (Lipinski definition) is 4. The largest absolute Gasteiger partial charge is 0.494 e. The fourth-order valence-corrected chi connectivity index (χ4v) is 2.72. The highest BCUT2D eigenvalue weighted by Gasteiger charge is 2.13. The first kappa shape index (κ1) is 12.0. The number of nitrogens with two attached hydrogens (primary N) is 1. The van der Waals surface area contributed by atoms with E-state index in [-0.39, 0.29) is 5.75 Å². The van der Waals surface area contributed by atoms with Crippen LogP contribution in [0.3, 0.4) is 0 Å². The number of benzene rings is 1. The number of nitrogen functional groups attached to an aromatic ring is 1. The number of anilines is 1. The molecule has 6 heteroatoms. The second-order valence-electron chi connectivity index (χ2n) is 4.11. The van der Waals surface area contributed by atoms with Gasteiger partial charge in [0.15, 0.2) is 11.6 Å². The van der Waals surface area contributed by atoms with Gasteiger partial charge in [-0.15, -0.1) is 11.3 Å². The summed E-state index contributed by atoms with van der Waals surface area (Å²) in [6, 6.07) is 6.98. The van der Waals surface area contributed by atoms with Gasteiger partial charge in [0.05, 0.1) is 24.7 Å². The Kier molecular flexibility index (Phi) is 2.87. The van der Waals surface area contributed by atoms with Crippen LogP contribution in [0.1, 0.15) is 4.88 Å². The molecule has 0 bridgehead atoms. The Morgan fingerprint density at radius 3 is 3.00 bits per heavy atom. The van der Waals surface area contributed by atoms with Crippen LogP contribution in [0.15, 0.2) is 29.6 Å². The van der Waals surface area contributed by atoms with Gasteiger partial charge in [0.2, 0.25) is 5.95 Å². The number of hydrogen-bond donors (Lipinski definition) is 1. The summed E-state index contributed by atoms with van der Waals surface area (Å²) in [4.78, 5) is 5.34. The molecule has 1 aromatic carbocycles. The quantitative estimate of drug-likeness (QED) is 0.801. The maximum absolute atomic E-state index is 13.6. The second kappa shape index (κ2) is 4.55. The lowest BCUT2D eigenvalue weighted by Gasteiger charge is -2.06. The Labute approximate surface area is 113 Å². The summed E-state index contributed by atoms with van der Waals surface area (Å²) in [6.45, 7) is 0.620. The lowest BCUT2D eigenvalue weighted by Crippen LogP contribution is -2.03. The van der Waals surface area contributed by atoms with Gasteiger partial charge >= 0.3 is 0 Å². The lowest BCUT2D eigenvalue weighted by molar-refractivity contribution is 0.387. The van der Waals surface area contributed by atoms with E-state index in [2.05, 4.69) is 4.98 Å². The van der Waals surface area contributed by atoms with E-state index in [4.69, 9.17) is 10.5 Å². The molecule has 0 unspecified atom stereocenters. The maximum Gasteiger partial charge on any atom is 0.201 e. The molecule has 19 heavy (non-hydrogen) atoms.